The van der Waals surface area contributed by atoms with Crippen LogP contribution in [0.25, 0.3) is 21.8 Å². The largest absolute Gasteiger partial charge is 0.372 e. The number of hydrogen-bond donors (Lipinski definition) is 2. The van der Waals surface area contributed by atoms with Crippen LogP contribution in [0.15, 0.2) is 141 Å². The van der Waals surface area contributed by atoms with E-state index in [1.807, 2.05) is 78.9 Å². The first-order valence-corrected chi connectivity index (χ1v) is 22.3. The first-order chi connectivity index (χ1) is 29.5. The molecule has 60 heavy (non-hydrogen) atoms. The smallest absolute Gasteiger partial charge is 0.233 e. The van der Waals surface area contributed by atoms with Crippen molar-refractivity contribution < 1.29 is 0 Å². The van der Waals surface area contributed by atoms with Gasteiger partial charge in [0.25, 0.3) is 0 Å². The number of nitrogens with zero attached hydrogens (tertiary/aromatic N) is 11. The maximum absolute atomic E-state index is 4.95. The lowest BCUT2D eigenvalue weighted by Gasteiger charge is -2.22. The second-order valence-electron chi connectivity index (χ2n) is 13.4. The van der Waals surface area contributed by atoms with Gasteiger partial charge in [0.1, 0.15) is 11.4 Å². The lowest BCUT2D eigenvalue weighted by molar-refractivity contribution is 0.866. The number of anilines is 6. The third kappa shape index (κ3) is 9.41. The molecule has 302 valence electrons. The van der Waals surface area contributed by atoms with Gasteiger partial charge in [0, 0.05) is 54.1 Å². The number of aromatic nitrogens is 5. The van der Waals surface area contributed by atoms with Crippen LogP contribution < -0.4 is 20.4 Å². The molecule has 0 bridgehead atoms. The van der Waals surface area contributed by atoms with E-state index in [9.17, 15) is 0 Å². The molecule has 0 unspecified atom stereocenters. The zero-order chi connectivity index (χ0) is 41.3. The van der Waals surface area contributed by atoms with Crippen molar-refractivity contribution in [2.24, 2.45) is 20.5 Å². The van der Waals surface area contributed by atoms with Gasteiger partial charge >= 0.3 is 0 Å². The molecule has 5 aromatic carbocycles. The molecule has 0 spiro atoms. The summed E-state index contributed by atoms with van der Waals surface area (Å²) in [5, 5.41) is 29.8. The van der Waals surface area contributed by atoms with Gasteiger partial charge in [-0.05, 0) is 117 Å². The molecule has 0 aliphatic rings. The van der Waals surface area contributed by atoms with Crippen LogP contribution in [0.5, 0.6) is 0 Å². The first kappa shape index (κ1) is 40.4. The minimum atomic E-state index is 0.346. The Morgan fingerprint density at radius 1 is 0.533 bits per heavy atom. The highest BCUT2D eigenvalue weighted by Gasteiger charge is 2.16. The molecular formula is C44H43N13S3. The van der Waals surface area contributed by atoms with Crippen molar-refractivity contribution >= 4 is 113 Å². The van der Waals surface area contributed by atoms with Gasteiger partial charge in [-0.2, -0.15) is 23.7 Å². The number of fused-ring (bicyclic) bond motifs is 2. The molecule has 3 aromatic heterocycles. The van der Waals surface area contributed by atoms with Gasteiger partial charge < -0.3 is 20.4 Å². The SMILES string of the molecule is CCN(CC)c1ccc(N=Nc2snc3ccccc23)c(Nc2nc(Nc3cc(N(CC)CC)ccc3N=Nc3snc4ccccc34)nc(SCc3ccccc3)n2)c1. The Bertz CT molecular complexity index is 2600. The first-order valence-electron chi connectivity index (χ1n) is 19.8. The highest BCUT2D eigenvalue weighted by Crippen LogP contribution is 2.39. The number of benzene rings is 5. The quantitative estimate of drug-likeness (QED) is 0.0671. The van der Waals surface area contributed by atoms with Gasteiger partial charge in [-0.25, -0.2) is 0 Å². The van der Waals surface area contributed by atoms with Crippen LogP contribution in [-0.2, 0) is 5.75 Å². The van der Waals surface area contributed by atoms with E-state index >= 15 is 0 Å². The standard InChI is InChI=1S/C44H43N13S3/c1-5-56(6-2)30-22-24-36(50-52-40-32-18-12-14-20-34(32)54-59-40)38(26-30)45-42-47-43(49-44(48-42)58-28-29-16-10-9-11-17-29)46-39-27-31(57(7-3)8-4)23-25-37(39)51-53-41-33-19-13-15-21-35(33)55-60-41/h9-27H,5-8,28H2,1-4H3,(H2,45,46,47,48,49). The monoisotopic (exact) mass is 849 g/mol. The van der Waals surface area contributed by atoms with E-state index in [4.69, 9.17) is 25.2 Å². The maximum atomic E-state index is 4.95. The Hall–Kier alpha value is -6.36. The molecule has 0 atom stereocenters. The molecule has 8 aromatic rings. The van der Waals surface area contributed by atoms with Gasteiger partial charge in [0.2, 0.25) is 11.9 Å². The molecule has 0 fully saturated rings. The zero-order valence-corrected chi connectivity index (χ0v) is 36.1. The van der Waals surface area contributed by atoms with Crippen LogP contribution in [0.1, 0.15) is 33.3 Å². The van der Waals surface area contributed by atoms with Crippen LogP contribution >= 0.6 is 34.8 Å². The van der Waals surface area contributed by atoms with Gasteiger partial charge in [0.15, 0.2) is 15.2 Å². The summed E-state index contributed by atoms with van der Waals surface area (Å²) in [6.45, 7) is 11.9. The molecule has 0 aliphatic heterocycles. The van der Waals surface area contributed by atoms with Crippen molar-refractivity contribution in [2.75, 3.05) is 46.6 Å². The van der Waals surface area contributed by atoms with Crippen molar-refractivity contribution in [3.8, 4) is 0 Å². The maximum Gasteiger partial charge on any atom is 0.233 e. The van der Waals surface area contributed by atoms with Crippen LogP contribution in [0.4, 0.5) is 56.0 Å². The van der Waals surface area contributed by atoms with E-state index < -0.39 is 0 Å². The third-order valence-corrected chi connectivity index (χ3v) is 12.2. The van der Waals surface area contributed by atoms with Crippen LogP contribution in [0.3, 0.4) is 0 Å². The molecule has 0 saturated heterocycles. The fourth-order valence-corrected chi connectivity index (χ4v) is 8.76. The van der Waals surface area contributed by atoms with E-state index in [0.29, 0.717) is 45.6 Å². The number of thioether (sulfide) groups is 1. The topological polar surface area (TPSA) is 144 Å². The molecule has 13 nitrogen and oxygen atoms in total. The van der Waals surface area contributed by atoms with Crippen molar-refractivity contribution in [1.82, 2.24) is 23.7 Å². The summed E-state index contributed by atoms with van der Waals surface area (Å²) in [5.41, 5.74) is 7.65. The van der Waals surface area contributed by atoms with Gasteiger partial charge in [-0.15, -0.1) is 20.5 Å². The minimum absolute atomic E-state index is 0.346. The summed E-state index contributed by atoms with van der Waals surface area (Å²) in [7, 11) is 0. The Balaban J connectivity index is 1.18. The molecule has 2 N–H and O–H groups in total. The van der Waals surface area contributed by atoms with Crippen LogP contribution in [0.2, 0.25) is 0 Å². The van der Waals surface area contributed by atoms with E-state index in [0.717, 1.165) is 74.9 Å². The Morgan fingerprint density at radius 2 is 1.00 bits per heavy atom. The summed E-state index contributed by atoms with van der Waals surface area (Å²) in [6, 6.07) is 38.3. The van der Waals surface area contributed by atoms with Crippen molar-refractivity contribution in [2.45, 2.75) is 38.6 Å². The molecule has 0 aliphatic carbocycles. The van der Waals surface area contributed by atoms with Crippen molar-refractivity contribution in [3.05, 3.63) is 121 Å². The van der Waals surface area contributed by atoms with Crippen molar-refractivity contribution in [3.63, 3.8) is 0 Å². The second-order valence-corrected chi connectivity index (χ2v) is 15.9. The fourth-order valence-electron chi connectivity index (χ4n) is 6.58. The Kier molecular flexibility index (Phi) is 12.9. The third-order valence-electron chi connectivity index (χ3n) is 9.76. The molecule has 16 heteroatoms. The predicted molar refractivity (Wildman–Crippen MR) is 250 cm³/mol. The second kappa shape index (κ2) is 19.1. The summed E-state index contributed by atoms with van der Waals surface area (Å²) >= 11 is 4.17. The minimum Gasteiger partial charge on any atom is -0.372 e. The Labute approximate surface area is 361 Å². The normalized spacial score (nSPS) is 11.6. The van der Waals surface area contributed by atoms with Crippen LogP contribution in [0, 0.1) is 0 Å². The molecule has 0 saturated carbocycles. The van der Waals surface area contributed by atoms with Gasteiger partial charge in [-0.1, -0.05) is 66.4 Å². The van der Waals surface area contributed by atoms with E-state index in [2.05, 4.69) is 104 Å². The van der Waals surface area contributed by atoms with E-state index in [-0.39, 0.29) is 0 Å². The lowest BCUT2D eigenvalue weighted by atomic mass is 10.2. The molecule has 3 heterocycles. The molecule has 0 amide bonds. The molecular weight excluding hydrogens is 807 g/mol. The number of hydrogen-bond acceptors (Lipinski definition) is 16. The predicted octanol–water partition coefficient (Wildman–Crippen LogP) is 13.4. The average molecular weight is 850 g/mol. The summed E-state index contributed by atoms with van der Waals surface area (Å²) in [5.74, 6) is 1.36. The Morgan fingerprint density at radius 3 is 1.48 bits per heavy atom. The molecule has 8 rings (SSSR count). The van der Waals surface area contributed by atoms with Crippen molar-refractivity contribution in [1.29, 1.82) is 0 Å². The van der Waals surface area contributed by atoms with E-state index in [1.165, 1.54) is 34.8 Å². The molecule has 0 radical (unpaired) electrons. The number of rotatable bonds is 17. The van der Waals surface area contributed by atoms with Crippen LogP contribution in [-0.4, -0.2) is 49.9 Å². The summed E-state index contributed by atoms with van der Waals surface area (Å²) < 4.78 is 9.11. The number of nitrogens with one attached hydrogen (secondary N) is 2. The van der Waals surface area contributed by atoms with Gasteiger partial charge in [-0.3, -0.25) is 0 Å². The highest BCUT2D eigenvalue weighted by atomic mass is 32.2. The zero-order valence-electron chi connectivity index (χ0n) is 33.6. The lowest BCUT2D eigenvalue weighted by Crippen LogP contribution is -2.21. The number of azo groups is 2. The van der Waals surface area contributed by atoms with Gasteiger partial charge in [0.05, 0.1) is 22.4 Å². The average Bonchev–Trinajstić information content (AvgIpc) is 3.90. The summed E-state index contributed by atoms with van der Waals surface area (Å²) in [4.78, 5) is 19.4. The summed E-state index contributed by atoms with van der Waals surface area (Å²) in [6.07, 6.45) is 0. The highest BCUT2D eigenvalue weighted by molar-refractivity contribution is 7.98. The van der Waals surface area contributed by atoms with E-state index in [1.54, 1.807) is 0 Å². The fraction of sp³-hybridized carbons (Fsp3) is 0.205.